The molecule has 1 heterocycles. The molecule has 9 nitrogen and oxygen atoms in total. The Balaban J connectivity index is 1.77. The van der Waals surface area contributed by atoms with Crippen molar-refractivity contribution in [2.24, 2.45) is 0 Å². The summed E-state index contributed by atoms with van der Waals surface area (Å²) >= 11 is 0. The van der Waals surface area contributed by atoms with Crippen molar-refractivity contribution in [2.75, 3.05) is 32.0 Å². The summed E-state index contributed by atoms with van der Waals surface area (Å²) in [7, 11) is 4.49. The summed E-state index contributed by atoms with van der Waals surface area (Å²) in [5.74, 6) is 1.64. The monoisotopic (exact) mass is 381 g/mol. The molecule has 0 saturated carbocycles. The molecule has 0 aliphatic rings. The third-order valence-corrected chi connectivity index (χ3v) is 3.79. The predicted molar refractivity (Wildman–Crippen MR) is 104 cm³/mol. The number of carbonyl (C=O) groups excluding carboxylic acids is 1. The second-order valence-electron chi connectivity index (χ2n) is 5.55. The van der Waals surface area contributed by atoms with Crippen molar-refractivity contribution in [3.8, 4) is 11.5 Å². The lowest BCUT2D eigenvalue weighted by Gasteiger charge is -2.12. The van der Waals surface area contributed by atoms with E-state index in [4.69, 9.17) is 9.47 Å². The van der Waals surface area contributed by atoms with Crippen molar-refractivity contribution in [1.82, 2.24) is 15.2 Å². The lowest BCUT2D eigenvalue weighted by Crippen LogP contribution is -2.04. The molecular formula is C19H19N5O4. The van der Waals surface area contributed by atoms with Crippen LogP contribution in [0.5, 0.6) is 11.5 Å². The first kappa shape index (κ1) is 18.9. The van der Waals surface area contributed by atoms with Gasteiger partial charge < -0.3 is 24.8 Å². The molecule has 1 aromatic heterocycles. The van der Waals surface area contributed by atoms with Crippen LogP contribution in [0.4, 0.5) is 23.1 Å². The number of carbonyl (C=O) groups is 1. The molecule has 0 aliphatic heterocycles. The van der Waals surface area contributed by atoms with Gasteiger partial charge in [0.15, 0.2) is 5.82 Å². The zero-order chi connectivity index (χ0) is 19.9. The number of anilines is 4. The van der Waals surface area contributed by atoms with Crippen molar-refractivity contribution in [1.29, 1.82) is 0 Å². The number of ether oxygens (including phenoxy) is 3. The van der Waals surface area contributed by atoms with E-state index < -0.39 is 5.97 Å². The lowest BCUT2D eigenvalue weighted by molar-refractivity contribution is 0.0601. The number of esters is 1. The lowest BCUT2D eigenvalue weighted by atomic mass is 10.2. The Morgan fingerprint density at radius 3 is 2.43 bits per heavy atom. The number of rotatable bonds is 7. The Bertz CT molecular complexity index is 963. The van der Waals surface area contributed by atoms with Crippen LogP contribution in [0.2, 0.25) is 0 Å². The SMILES string of the molecule is COC(=O)c1ccc(Nc2cnnc(Nc3cc(OC)ccc3OC)n2)cc1. The smallest absolute Gasteiger partial charge is 0.337 e. The maximum absolute atomic E-state index is 11.5. The second-order valence-corrected chi connectivity index (χ2v) is 5.55. The van der Waals surface area contributed by atoms with Gasteiger partial charge in [-0.3, -0.25) is 0 Å². The van der Waals surface area contributed by atoms with Crippen LogP contribution < -0.4 is 20.1 Å². The molecule has 0 bridgehead atoms. The van der Waals surface area contributed by atoms with Crippen LogP contribution in [-0.4, -0.2) is 42.5 Å². The first-order valence-electron chi connectivity index (χ1n) is 8.27. The Hall–Kier alpha value is -3.88. The van der Waals surface area contributed by atoms with Crippen LogP contribution in [0, 0.1) is 0 Å². The fourth-order valence-electron chi connectivity index (χ4n) is 2.40. The first-order valence-corrected chi connectivity index (χ1v) is 8.27. The average Bonchev–Trinajstić information content (AvgIpc) is 2.74. The molecule has 0 atom stereocenters. The van der Waals surface area contributed by atoms with Gasteiger partial charge in [0.25, 0.3) is 0 Å². The minimum Gasteiger partial charge on any atom is -0.497 e. The molecule has 2 aromatic carbocycles. The van der Waals surface area contributed by atoms with Crippen LogP contribution in [0.25, 0.3) is 0 Å². The van der Waals surface area contributed by atoms with Crippen molar-refractivity contribution in [3.63, 3.8) is 0 Å². The third-order valence-electron chi connectivity index (χ3n) is 3.79. The first-order chi connectivity index (χ1) is 13.6. The number of methoxy groups -OCH3 is 3. The topological polar surface area (TPSA) is 107 Å². The normalized spacial score (nSPS) is 10.1. The van der Waals surface area contributed by atoms with Crippen molar-refractivity contribution >= 4 is 29.1 Å². The van der Waals surface area contributed by atoms with Crippen molar-refractivity contribution in [2.45, 2.75) is 0 Å². The number of aromatic nitrogens is 3. The van der Waals surface area contributed by atoms with Gasteiger partial charge in [0.2, 0.25) is 5.95 Å². The molecule has 28 heavy (non-hydrogen) atoms. The van der Waals surface area contributed by atoms with Gasteiger partial charge in [0.1, 0.15) is 11.5 Å². The van der Waals surface area contributed by atoms with Gasteiger partial charge in [-0.2, -0.15) is 10.1 Å². The van der Waals surface area contributed by atoms with Gasteiger partial charge in [-0.15, -0.1) is 5.10 Å². The minimum absolute atomic E-state index is 0.280. The van der Waals surface area contributed by atoms with Crippen molar-refractivity contribution < 1.29 is 19.0 Å². The van der Waals surface area contributed by atoms with Gasteiger partial charge in [0, 0.05) is 11.8 Å². The maximum Gasteiger partial charge on any atom is 0.337 e. The second kappa shape index (κ2) is 8.67. The summed E-state index contributed by atoms with van der Waals surface area (Å²) in [6.07, 6.45) is 1.49. The highest BCUT2D eigenvalue weighted by atomic mass is 16.5. The quantitative estimate of drug-likeness (QED) is 0.597. The van der Waals surface area contributed by atoms with Crippen LogP contribution >= 0.6 is 0 Å². The Morgan fingerprint density at radius 2 is 1.75 bits per heavy atom. The summed E-state index contributed by atoms with van der Waals surface area (Å²) in [5, 5.41) is 14.1. The summed E-state index contributed by atoms with van der Waals surface area (Å²) in [4.78, 5) is 15.9. The molecule has 0 saturated heterocycles. The molecular weight excluding hydrogens is 362 g/mol. The van der Waals surface area contributed by atoms with Crippen LogP contribution in [-0.2, 0) is 4.74 Å². The standard InChI is InChI=1S/C19H19N5O4/c1-26-14-8-9-16(27-2)15(10-14)22-19-23-17(11-20-24-19)21-13-6-4-12(5-7-13)18(25)28-3/h4-11H,1-3H3,(H2,21,22,23,24). The molecule has 3 aromatic rings. The predicted octanol–water partition coefficient (Wildman–Crippen LogP) is 3.16. The fourth-order valence-corrected chi connectivity index (χ4v) is 2.40. The molecule has 0 aliphatic carbocycles. The Kier molecular flexibility index (Phi) is 5.85. The third kappa shape index (κ3) is 4.44. The summed E-state index contributed by atoms with van der Waals surface area (Å²) in [5.41, 5.74) is 1.84. The van der Waals surface area contributed by atoms with Gasteiger partial charge in [0.05, 0.1) is 38.8 Å². The number of benzene rings is 2. The number of hydrogen-bond acceptors (Lipinski definition) is 9. The van der Waals surface area contributed by atoms with E-state index in [1.807, 2.05) is 0 Å². The van der Waals surface area contributed by atoms with E-state index in [0.29, 0.717) is 28.6 Å². The zero-order valence-corrected chi connectivity index (χ0v) is 15.6. The summed E-state index contributed by atoms with van der Waals surface area (Å²) < 4.78 is 15.3. The largest absolute Gasteiger partial charge is 0.497 e. The molecule has 144 valence electrons. The summed E-state index contributed by atoms with van der Waals surface area (Å²) in [6, 6.07) is 12.1. The average molecular weight is 381 g/mol. The van der Waals surface area contributed by atoms with E-state index >= 15 is 0 Å². The fraction of sp³-hybridized carbons (Fsp3) is 0.158. The summed E-state index contributed by atoms with van der Waals surface area (Å²) in [6.45, 7) is 0. The van der Waals surface area contributed by atoms with E-state index in [0.717, 1.165) is 5.69 Å². The highest BCUT2D eigenvalue weighted by Crippen LogP contribution is 2.30. The Morgan fingerprint density at radius 1 is 0.964 bits per heavy atom. The Labute approximate surface area is 161 Å². The molecule has 0 radical (unpaired) electrons. The molecule has 0 fully saturated rings. The van der Waals surface area contributed by atoms with Crippen LogP contribution in [0.1, 0.15) is 10.4 Å². The molecule has 0 unspecified atom stereocenters. The maximum atomic E-state index is 11.5. The van der Waals surface area contributed by atoms with E-state index in [9.17, 15) is 4.79 Å². The minimum atomic E-state index is -0.394. The van der Waals surface area contributed by atoms with Crippen LogP contribution in [0.3, 0.4) is 0 Å². The number of hydrogen-bond donors (Lipinski definition) is 2. The molecule has 3 rings (SSSR count). The van der Waals surface area contributed by atoms with Gasteiger partial charge in [-0.1, -0.05) is 0 Å². The van der Waals surface area contributed by atoms with Gasteiger partial charge >= 0.3 is 5.97 Å². The zero-order valence-electron chi connectivity index (χ0n) is 15.6. The molecule has 0 spiro atoms. The van der Waals surface area contributed by atoms with Gasteiger partial charge in [-0.25, -0.2) is 4.79 Å². The van der Waals surface area contributed by atoms with Crippen LogP contribution in [0.15, 0.2) is 48.7 Å². The van der Waals surface area contributed by atoms with Gasteiger partial charge in [-0.05, 0) is 36.4 Å². The van der Waals surface area contributed by atoms with E-state index in [-0.39, 0.29) is 5.95 Å². The van der Waals surface area contributed by atoms with E-state index in [1.165, 1.54) is 13.3 Å². The van der Waals surface area contributed by atoms with Crippen molar-refractivity contribution in [3.05, 3.63) is 54.2 Å². The van der Waals surface area contributed by atoms with E-state index in [2.05, 4.69) is 30.6 Å². The number of nitrogens with zero attached hydrogens (tertiary/aromatic N) is 3. The number of nitrogens with one attached hydrogen (secondary N) is 2. The molecule has 2 N–H and O–H groups in total. The highest BCUT2D eigenvalue weighted by molar-refractivity contribution is 5.89. The molecule has 0 amide bonds. The molecule has 9 heteroatoms. The highest BCUT2D eigenvalue weighted by Gasteiger charge is 2.09. The van der Waals surface area contributed by atoms with E-state index in [1.54, 1.807) is 56.7 Å².